The van der Waals surface area contributed by atoms with Gasteiger partial charge in [0.25, 0.3) is 0 Å². The van der Waals surface area contributed by atoms with Crippen LogP contribution in [-0.2, 0) is 9.59 Å². The summed E-state index contributed by atoms with van der Waals surface area (Å²) in [5.41, 5.74) is 0.788. The summed E-state index contributed by atoms with van der Waals surface area (Å²) < 4.78 is 11.2. The van der Waals surface area contributed by atoms with Gasteiger partial charge in [-0.25, -0.2) is 0 Å². The summed E-state index contributed by atoms with van der Waals surface area (Å²) in [5, 5.41) is 0. The number of hydrogen-bond donors (Lipinski definition) is 0. The van der Waals surface area contributed by atoms with E-state index in [1.165, 1.54) is 19.3 Å². The molecule has 0 N–H and O–H groups in total. The molecule has 0 spiro atoms. The van der Waals surface area contributed by atoms with Crippen LogP contribution in [0.4, 0.5) is 5.69 Å². The molecule has 1 saturated carbocycles. The molecule has 3 fully saturated rings. The van der Waals surface area contributed by atoms with Crippen molar-refractivity contribution in [2.45, 2.75) is 44.6 Å². The van der Waals surface area contributed by atoms with Crippen LogP contribution in [0, 0.1) is 11.8 Å². The van der Waals surface area contributed by atoms with Crippen molar-refractivity contribution in [2.75, 3.05) is 31.2 Å². The first-order valence-corrected chi connectivity index (χ1v) is 10.2. The van der Waals surface area contributed by atoms with Crippen molar-refractivity contribution in [2.24, 2.45) is 11.8 Å². The second-order valence-electron chi connectivity index (χ2n) is 8.17. The lowest BCUT2D eigenvalue weighted by Crippen LogP contribution is -2.43. The topological polar surface area (TPSA) is 59.1 Å². The van der Waals surface area contributed by atoms with Crippen molar-refractivity contribution in [1.82, 2.24) is 4.90 Å². The molecule has 6 nitrogen and oxygen atoms in total. The van der Waals surface area contributed by atoms with E-state index in [-0.39, 0.29) is 17.7 Å². The van der Waals surface area contributed by atoms with Crippen molar-refractivity contribution < 1.29 is 19.1 Å². The van der Waals surface area contributed by atoms with Crippen LogP contribution in [0.5, 0.6) is 11.5 Å². The first kappa shape index (κ1) is 16.9. The van der Waals surface area contributed by atoms with Gasteiger partial charge in [-0.05, 0) is 37.3 Å². The molecule has 1 aromatic rings. The predicted octanol–water partition coefficient (Wildman–Crippen LogP) is 2.60. The van der Waals surface area contributed by atoms with Crippen LogP contribution in [0.25, 0.3) is 0 Å². The van der Waals surface area contributed by atoms with Gasteiger partial charge in [-0.2, -0.15) is 0 Å². The average molecular weight is 370 g/mol. The number of rotatable bonds is 2. The van der Waals surface area contributed by atoms with Gasteiger partial charge in [0.15, 0.2) is 11.5 Å². The van der Waals surface area contributed by atoms with Gasteiger partial charge in [0, 0.05) is 37.3 Å². The molecule has 144 valence electrons. The highest BCUT2D eigenvalue weighted by Crippen LogP contribution is 2.39. The van der Waals surface area contributed by atoms with Crippen molar-refractivity contribution in [3.8, 4) is 11.5 Å². The Balaban J connectivity index is 1.31. The van der Waals surface area contributed by atoms with Crippen molar-refractivity contribution in [3.05, 3.63) is 18.2 Å². The van der Waals surface area contributed by atoms with Gasteiger partial charge in [-0.15, -0.1) is 0 Å². The summed E-state index contributed by atoms with van der Waals surface area (Å²) in [5.74, 6) is 2.03. The van der Waals surface area contributed by atoms with Gasteiger partial charge in [-0.3, -0.25) is 9.59 Å². The molecule has 1 aromatic carbocycles. The molecule has 3 unspecified atom stereocenters. The zero-order chi connectivity index (χ0) is 18.4. The minimum absolute atomic E-state index is 0.0180. The van der Waals surface area contributed by atoms with E-state index in [4.69, 9.17) is 9.47 Å². The van der Waals surface area contributed by atoms with Gasteiger partial charge in [0.05, 0.1) is 5.92 Å². The maximum absolute atomic E-state index is 13.2. The average Bonchev–Trinajstić information content (AvgIpc) is 3.31. The van der Waals surface area contributed by atoms with Crippen LogP contribution in [0.3, 0.4) is 0 Å². The first-order chi connectivity index (χ1) is 13.2. The second kappa shape index (κ2) is 6.73. The highest BCUT2D eigenvalue weighted by Gasteiger charge is 2.43. The zero-order valence-electron chi connectivity index (χ0n) is 15.6. The Hall–Kier alpha value is -2.24. The maximum Gasteiger partial charge on any atom is 0.228 e. The Bertz CT molecular complexity index is 765. The first-order valence-electron chi connectivity index (χ1n) is 10.2. The van der Waals surface area contributed by atoms with E-state index >= 15 is 0 Å². The lowest BCUT2D eigenvalue weighted by Gasteiger charge is -2.33. The molecule has 3 atom stereocenters. The summed E-state index contributed by atoms with van der Waals surface area (Å²) >= 11 is 0. The molecular formula is C21H26N2O4. The summed E-state index contributed by atoms with van der Waals surface area (Å²) in [4.78, 5) is 29.6. The number of anilines is 1. The van der Waals surface area contributed by atoms with Crippen LogP contribution in [-0.4, -0.2) is 49.1 Å². The highest BCUT2D eigenvalue weighted by molar-refractivity contribution is 6.00. The number of hydrogen-bond acceptors (Lipinski definition) is 4. The third-order valence-corrected chi connectivity index (χ3v) is 6.60. The monoisotopic (exact) mass is 370 g/mol. The van der Waals surface area contributed by atoms with Crippen molar-refractivity contribution in [3.63, 3.8) is 0 Å². The fourth-order valence-electron chi connectivity index (χ4n) is 5.24. The van der Waals surface area contributed by atoms with Crippen LogP contribution in [0.15, 0.2) is 18.2 Å². The summed E-state index contributed by atoms with van der Waals surface area (Å²) in [6, 6.07) is 5.99. The van der Waals surface area contributed by atoms with Crippen LogP contribution in [0.1, 0.15) is 38.5 Å². The van der Waals surface area contributed by atoms with Crippen molar-refractivity contribution in [1.29, 1.82) is 0 Å². The molecule has 6 heteroatoms. The number of likely N-dealkylation sites (tertiary alicyclic amines) is 1. The van der Waals surface area contributed by atoms with Gasteiger partial charge < -0.3 is 19.3 Å². The molecule has 0 radical (unpaired) electrons. The van der Waals surface area contributed by atoms with Gasteiger partial charge >= 0.3 is 0 Å². The quantitative estimate of drug-likeness (QED) is 0.803. The number of benzene rings is 1. The number of carbonyl (C=O) groups excluding carboxylic acids is 2. The van der Waals surface area contributed by atoms with E-state index in [9.17, 15) is 9.59 Å². The Labute approximate surface area is 159 Å². The molecular weight excluding hydrogens is 344 g/mol. The Morgan fingerprint density at radius 1 is 1.04 bits per heavy atom. The summed E-state index contributed by atoms with van der Waals surface area (Å²) in [7, 11) is 0. The normalized spacial score (nSPS) is 29.8. The van der Waals surface area contributed by atoms with E-state index in [1.54, 1.807) is 4.90 Å². The van der Waals surface area contributed by atoms with Crippen LogP contribution in [0.2, 0.25) is 0 Å². The minimum Gasteiger partial charge on any atom is -0.486 e. The Kier molecular flexibility index (Phi) is 4.21. The molecule has 0 bridgehead atoms. The van der Waals surface area contributed by atoms with Gasteiger partial charge in [0.2, 0.25) is 11.8 Å². The molecule has 3 aliphatic heterocycles. The lowest BCUT2D eigenvalue weighted by molar-refractivity contribution is -0.137. The number of carbonyl (C=O) groups is 2. The van der Waals surface area contributed by atoms with E-state index in [0.29, 0.717) is 49.6 Å². The molecule has 1 aliphatic carbocycles. The lowest BCUT2D eigenvalue weighted by atomic mass is 9.85. The Morgan fingerprint density at radius 3 is 2.74 bits per heavy atom. The summed E-state index contributed by atoms with van der Waals surface area (Å²) in [6.07, 6.45) is 6.33. The molecule has 27 heavy (non-hydrogen) atoms. The van der Waals surface area contributed by atoms with Crippen LogP contribution >= 0.6 is 0 Å². The summed E-state index contributed by atoms with van der Waals surface area (Å²) in [6.45, 7) is 2.39. The molecule has 2 amide bonds. The third-order valence-electron chi connectivity index (χ3n) is 6.60. The maximum atomic E-state index is 13.2. The third kappa shape index (κ3) is 2.95. The smallest absolute Gasteiger partial charge is 0.228 e. The number of amides is 2. The fraction of sp³-hybridized carbons (Fsp3) is 0.619. The van der Waals surface area contributed by atoms with E-state index in [1.807, 2.05) is 18.2 Å². The highest BCUT2D eigenvalue weighted by atomic mass is 16.6. The number of fused-ring (bicyclic) bond motifs is 2. The largest absolute Gasteiger partial charge is 0.486 e. The van der Waals surface area contributed by atoms with Crippen LogP contribution < -0.4 is 14.4 Å². The zero-order valence-corrected chi connectivity index (χ0v) is 15.6. The van der Waals surface area contributed by atoms with E-state index < -0.39 is 0 Å². The van der Waals surface area contributed by atoms with Gasteiger partial charge in [0.1, 0.15) is 13.2 Å². The molecule has 2 saturated heterocycles. The molecule has 4 aliphatic rings. The standard InChI is InChI=1S/C21H26N2O4/c24-20-11-15(21(25)22-8-7-14-3-1-2-4-17(14)22)13-23(20)16-5-6-18-19(12-16)27-10-9-26-18/h5-6,12,14-15,17H,1-4,7-11,13H2. The minimum atomic E-state index is -0.230. The van der Waals surface area contributed by atoms with E-state index in [2.05, 4.69) is 4.90 Å². The number of ether oxygens (including phenoxy) is 2. The molecule has 0 aromatic heterocycles. The molecule has 3 heterocycles. The second-order valence-corrected chi connectivity index (χ2v) is 8.17. The SMILES string of the molecule is O=C1CC(C(=O)N2CCC3CCCCC32)CN1c1ccc2c(c1)OCCO2. The number of nitrogens with zero attached hydrogens (tertiary/aromatic N) is 2. The van der Waals surface area contributed by atoms with Gasteiger partial charge in [-0.1, -0.05) is 12.8 Å². The fourth-order valence-corrected chi connectivity index (χ4v) is 5.24. The van der Waals surface area contributed by atoms with E-state index in [0.717, 1.165) is 25.1 Å². The van der Waals surface area contributed by atoms with Crippen molar-refractivity contribution >= 4 is 17.5 Å². The molecule has 5 rings (SSSR count). The predicted molar refractivity (Wildman–Crippen MR) is 100.0 cm³/mol. The Morgan fingerprint density at radius 2 is 1.85 bits per heavy atom.